The number of benzene rings is 2. The van der Waals surface area contributed by atoms with E-state index in [2.05, 4.69) is 32.5 Å². The first-order valence-corrected chi connectivity index (χ1v) is 13.2. The van der Waals surface area contributed by atoms with Crippen LogP contribution in [0.2, 0.25) is 0 Å². The Morgan fingerprint density at radius 2 is 1.97 bits per heavy atom. The lowest BCUT2D eigenvalue weighted by molar-refractivity contribution is -0.123. The Balaban J connectivity index is 1.38. The first-order valence-electron chi connectivity index (χ1n) is 13.2. The summed E-state index contributed by atoms with van der Waals surface area (Å²) in [6.45, 7) is 8.67. The lowest BCUT2D eigenvalue weighted by Gasteiger charge is -2.26. The van der Waals surface area contributed by atoms with Gasteiger partial charge in [0.25, 0.3) is 5.91 Å². The Morgan fingerprint density at radius 1 is 1.13 bits per heavy atom. The highest BCUT2D eigenvalue weighted by atomic mass is 16.5. The molecule has 0 aliphatic carbocycles. The number of H-pyrrole nitrogens is 1. The third-order valence-corrected chi connectivity index (χ3v) is 6.58. The van der Waals surface area contributed by atoms with E-state index in [4.69, 9.17) is 24.3 Å². The Labute approximate surface area is 227 Å². The Kier molecular flexibility index (Phi) is 8.38. The average Bonchev–Trinajstić information content (AvgIpc) is 3.57. The lowest BCUT2D eigenvalue weighted by atomic mass is 10.1. The molecule has 39 heavy (non-hydrogen) atoms. The summed E-state index contributed by atoms with van der Waals surface area (Å²) in [5.41, 5.74) is 2.95. The van der Waals surface area contributed by atoms with E-state index >= 15 is 0 Å². The van der Waals surface area contributed by atoms with Gasteiger partial charge in [0.2, 0.25) is 0 Å². The van der Waals surface area contributed by atoms with Gasteiger partial charge in [0.1, 0.15) is 5.82 Å². The van der Waals surface area contributed by atoms with Crippen LogP contribution in [-0.2, 0) is 22.5 Å². The summed E-state index contributed by atoms with van der Waals surface area (Å²) in [5, 5.41) is 15.9. The number of morpholine rings is 1. The number of nitrogens with zero attached hydrogens (tertiary/aromatic N) is 5. The fraction of sp³-hybridized carbons (Fsp3) is 0.429. The maximum Gasteiger partial charge on any atom is 0.258 e. The molecule has 1 amide bonds. The molecular weight excluding hydrogens is 498 g/mol. The summed E-state index contributed by atoms with van der Waals surface area (Å²) in [6.07, 6.45) is 2.47. The topological polar surface area (TPSA) is 119 Å². The van der Waals surface area contributed by atoms with Crippen molar-refractivity contribution in [2.75, 3.05) is 46.6 Å². The Hall–Kier alpha value is -3.96. The average molecular weight is 534 g/mol. The molecule has 3 heterocycles. The van der Waals surface area contributed by atoms with E-state index in [1.165, 1.54) is 0 Å². The molecule has 1 aliphatic rings. The van der Waals surface area contributed by atoms with Gasteiger partial charge in [-0.15, -0.1) is 0 Å². The van der Waals surface area contributed by atoms with Crippen molar-refractivity contribution in [2.45, 2.75) is 32.9 Å². The van der Waals surface area contributed by atoms with E-state index in [0.29, 0.717) is 23.7 Å². The smallest absolute Gasteiger partial charge is 0.258 e. The van der Waals surface area contributed by atoms with Crippen LogP contribution in [0.15, 0.2) is 42.6 Å². The molecular formula is C28H35N7O4. The molecule has 2 N–H and O–H groups in total. The van der Waals surface area contributed by atoms with Crippen LogP contribution < -0.4 is 14.8 Å². The van der Waals surface area contributed by atoms with Gasteiger partial charge in [-0.3, -0.25) is 14.8 Å². The molecule has 0 unspecified atom stereocenters. The summed E-state index contributed by atoms with van der Waals surface area (Å²) in [4.78, 5) is 19.4. The number of amides is 1. The minimum atomic E-state index is -0.185. The van der Waals surface area contributed by atoms with Crippen LogP contribution in [0.3, 0.4) is 0 Å². The first kappa shape index (κ1) is 26.6. The van der Waals surface area contributed by atoms with Gasteiger partial charge in [-0.2, -0.15) is 10.2 Å². The third-order valence-electron chi connectivity index (χ3n) is 6.58. The van der Waals surface area contributed by atoms with Gasteiger partial charge in [0, 0.05) is 43.0 Å². The normalized spacial score (nSPS) is 14.2. The molecule has 0 radical (unpaired) electrons. The van der Waals surface area contributed by atoms with Crippen LogP contribution in [0, 0.1) is 0 Å². The van der Waals surface area contributed by atoms with Gasteiger partial charge >= 0.3 is 0 Å². The summed E-state index contributed by atoms with van der Waals surface area (Å²) < 4.78 is 18.8. The molecule has 1 saturated heterocycles. The van der Waals surface area contributed by atoms with Crippen LogP contribution >= 0.6 is 0 Å². The van der Waals surface area contributed by atoms with E-state index in [-0.39, 0.29) is 18.6 Å². The summed E-state index contributed by atoms with van der Waals surface area (Å²) in [5.74, 6) is 2.31. The predicted molar refractivity (Wildman–Crippen MR) is 147 cm³/mol. The number of hydrogen-bond acceptors (Lipinski definition) is 8. The quantitative estimate of drug-likeness (QED) is 0.302. The molecule has 0 saturated carbocycles. The van der Waals surface area contributed by atoms with Crippen molar-refractivity contribution in [1.29, 1.82) is 0 Å². The summed E-state index contributed by atoms with van der Waals surface area (Å²) >= 11 is 0. The molecule has 1 fully saturated rings. The Morgan fingerprint density at radius 3 is 2.77 bits per heavy atom. The second-order valence-electron chi connectivity index (χ2n) is 9.87. The van der Waals surface area contributed by atoms with Crippen LogP contribution in [0.25, 0.3) is 22.3 Å². The van der Waals surface area contributed by atoms with Crippen molar-refractivity contribution in [3.8, 4) is 22.9 Å². The molecule has 2 aromatic heterocycles. The number of ether oxygens (including phenoxy) is 3. The number of nitrogens with one attached hydrogen (secondary N) is 2. The van der Waals surface area contributed by atoms with Crippen LogP contribution in [0.4, 0.5) is 0 Å². The van der Waals surface area contributed by atoms with Crippen molar-refractivity contribution in [3.63, 3.8) is 0 Å². The minimum absolute atomic E-state index is 0.0469. The highest BCUT2D eigenvalue weighted by Gasteiger charge is 2.17. The molecule has 0 atom stereocenters. The largest absolute Gasteiger partial charge is 0.493 e. The van der Waals surface area contributed by atoms with Gasteiger partial charge in [-0.05, 0) is 49.7 Å². The van der Waals surface area contributed by atoms with E-state index in [9.17, 15) is 4.79 Å². The zero-order valence-electron chi connectivity index (χ0n) is 22.6. The highest BCUT2D eigenvalue weighted by Crippen LogP contribution is 2.32. The third kappa shape index (κ3) is 6.73. The van der Waals surface area contributed by atoms with Gasteiger partial charge in [0.05, 0.1) is 38.6 Å². The molecule has 0 spiro atoms. The van der Waals surface area contributed by atoms with Gasteiger partial charge in [0.15, 0.2) is 23.9 Å². The van der Waals surface area contributed by atoms with Crippen molar-refractivity contribution in [2.24, 2.45) is 0 Å². The standard InChI is InChI=1S/C28H35N7O4/c1-19(2)30-27(36)18-39-24-7-5-21(16-25(24)37-3)28-31-26(15-20-4-6-23-22(14-20)17-29-32-23)35(33-28)9-8-34-10-12-38-13-11-34/h4-7,14,16-17,19H,8-13,15,18H2,1-3H3,(H,29,32)(H,30,36). The number of hydrogen-bond donors (Lipinski definition) is 2. The molecule has 4 aromatic rings. The zero-order valence-corrected chi connectivity index (χ0v) is 22.6. The molecule has 2 aromatic carbocycles. The number of aromatic amines is 1. The number of aromatic nitrogens is 5. The first-order chi connectivity index (χ1) is 19.0. The molecule has 206 valence electrons. The zero-order chi connectivity index (χ0) is 27.2. The van der Waals surface area contributed by atoms with Gasteiger partial charge in [-0.1, -0.05) is 6.07 Å². The van der Waals surface area contributed by atoms with Crippen molar-refractivity contribution < 1.29 is 19.0 Å². The fourth-order valence-corrected chi connectivity index (χ4v) is 4.58. The van der Waals surface area contributed by atoms with E-state index in [0.717, 1.165) is 67.2 Å². The summed E-state index contributed by atoms with van der Waals surface area (Å²) in [6, 6.07) is 11.8. The second kappa shape index (κ2) is 12.3. The maximum atomic E-state index is 12.0. The second-order valence-corrected chi connectivity index (χ2v) is 9.87. The summed E-state index contributed by atoms with van der Waals surface area (Å²) in [7, 11) is 1.58. The molecule has 1 aliphatic heterocycles. The van der Waals surface area contributed by atoms with E-state index in [1.807, 2.05) is 42.9 Å². The van der Waals surface area contributed by atoms with E-state index in [1.54, 1.807) is 13.2 Å². The Bertz CT molecular complexity index is 1410. The number of methoxy groups -OCH3 is 1. The van der Waals surface area contributed by atoms with Crippen LogP contribution in [0.1, 0.15) is 25.2 Å². The van der Waals surface area contributed by atoms with Crippen LogP contribution in [-0.4, -0.2) is 88.4 Å². The maximum absolute atomic E-state index is 12.0. The molecule has 0 bridgehead atoms. The van der Waals surface area contributed by atoms with Crippen molar-refractivity contribution in [3.05, 3.63) is 54.0 Å². The van der Waals surface area contributed by atoms with Crippen molar-refractivity contribution in [1.82, 2.24) is 35.2 Å². The van der Waals surface area contributed by atoms with Gasteiger partial charge in [-0.25, -0.2) is 9.67 Å². The lowest BCUT2D eigenvalue weighted by Crippen LogP contribution is -2.38. The van der Waals surface area contributed by atoms with Gasteiger partial charge < -0.3 is 19.5 Å². The van der Waals surface area contributed by atoms with Crippen LogP contribution in [0.5, 0.6) is 11.5 Å². The van der Waals surface area contributed by atoms with Crippen molar-refractivity contribution >= 4 is 16.8 Å². The monoisotopic (exact) mass is 533 g/mol. The number of fused-ring (bicyclic) bond motifs is 1. The van der Waals surface area contributed by atoms with E-state index < -0.39 is 0 Å². The highest BCUT2D eigenvalue weighted by molar-refractivity contribution is 5.78. The molecule has 11 nitrogen and oxygen atoms in total. The minimum Gasteiger partial charge on any atom is -0.493 e. The fourth-order valence-electron chi connectivity index (χ4n) is 4.58. The number of carbonyl (C=O) groups is 1. The number of rotatable bonds is 11. The molecule has 5 rings (SSSR count). The predicted octanol–water partition coefficient (Wildman–Crippen LogP) is 2.66. The molecule has 11 heteroatoms. The SMILES string of the molecule is COc1cc(-c2nc(Cc3ccc4[nH]ncc4c3)n(CCN3CCOCC3)n2)ccc1OCC(=O)NC(C)C. The number of carbonyl (C=O) groups excluding carboxylic acids is 1.